The highest BCUT2D eigenvalue weighted by Gasteiger charge is 2.13. The minimum atomic E-state index is -0.126. The first-order chi connectivity index (χ1) is 11.4. The monoisotopic (exact) mass is 357 g/mol. The average Bonchev–Trinajstić information content (AvgIpc) is 2.51. The molecule has 0 saturated carbocycles. The van der Waals surface area contributed by atoms with E-state index in [1.165, 1.54) is 0 Å². The number of para-hydroxylation sites is 1. The summed E-state index contributed by atoms with van der Waals surface area (Å²) in [5.41, 5.74) is 4.91. The van der Waals surface area contributed by atoms with Gasteiger partial charge in [0.1, 0.15) is 0 Å². The minimum absolute atomic E-state index is 0. The molecule has 7 heteroatoms. The van der Waals surface area contributed by atoms with E-state index in [9.17, 15) is 4.79 Å². The maximum atomic E-state index is 11.8. The predicted molar refractivity (Wildman–Crippen MR) is 95.7 cm³/mol. The molecule has 3 rings (SSSR count). The molecule has 0 aliphatic carbocycles. The van der Waals surface area contributed by atoms with E-state index in [1.54, 1.807) is 12.4 Å². The quantitative estimate of drug-likeness (QED) is 0.280. The van der Waals surface area contributed by atoms with Crippen molar-refractivity contribution in [2.24, 2.45) is 5.10 Å². The Kier molecular flexibility index (Phi) is 5.66. The van der Waals surface area contributed by atoms with E-state index in [0.29, 0.717) is 16.7 Å². The summed E-state index contributed by atoms with van der Waals surface area (Å²) in [4.78, 5) is 20.7. The van der Waals surface area contributed by atoms with Crippen molar-refractivity contribution in [2.45, 2.75) is 0 Å². The molecule has 3 aromatic rings. The van der Waals surface area contributed by atoms with Gasteiger partial charge in [0.05, 0.1) is 32.9 Å². The number of nitrogens with zero attached hydrogens (tertiary/aromatic N) is 4. The van der Waals surface area contributed by atoms with Crippen LogP contribution in [0.3, 0.4) is 0 Å². The van der Waals surface area contributed by atoms with Crippen LogP contribution in [-0.2, 0) is 4.79 Å². The van der Waals surface area contributed by atoms with Gasteiger partial charge in [-0.25, -0.2) is 15.4 Å². The highest BCUT2D eigenvalue weighted by molar-refractivity contribution is 6.01. The first-order valence-corrected chi connectivity index (χ1v) is 7.69. The normalized spacial score (nSPS) is 11.6. The molecule has 1 N–H and O–H groups in total. The molecular weight excluding hydrogens is 338 g/mol. The molecule has 130 valence electrons. The number of likely N-dealkylation sites (N-methyl/N-ethyl adjacent to an activating group) is 1. The Labute approximate surface area is 152 Å². The Morgan fingerprint density at radius 3 is 2.72 bits per heavy atom. The number of fused-ring (bicyclic) bond motifs is 2. The molecule has 0 radical (unpaired) electrons. The molecule has 1 amide bonds. The van der Waals surface area contributed by atoms with Gasteiger partial charge in [0.2, 0.25) is 0 Å². The molecule has 0 fully saturated rings. The van der Waals surface area contributed by atoms with E-state index < -0.39 is 0 Å². The van der Waals surface area contributed by atoms with Crippen LogP contribution in [0.15, 0.2) is 47.7 Å². The molecule has 0 spiro atoms. The molecule has 0 bridgehead atoms. The minimum Gasteiger partial charge on any atom is -1.00 e. The van der Waals surface area contributed by atoms with Crippen LogP contribution in [0.1, 0.15) is 5.56 Å². The van der Waals surface area contributed by atoms with E-state index in [1.807, 2.05) is 51.5 Å². The van der Waals surface area contributed by atoms with Gasteiger partial charge in [0, 0.05) is 22.5 Å². The molecule has 1 aromatic carbocycles. The number of nitrogens with one attached hydrogen (secondary N) is 1. The Bertz CT molecular complexity index is 934. The lowest BCUT2D eigenvalue weighted by Crippen LogP contribution is -3.00. The fourth-order valence-electron chi connectivity index (χ4n) is 2.46. The van der Waals surface area contributed by atoms with Gasteiger partial charge in [-0.3, -0.25) is 4.79 Å². The summed E-state index contributed by atoms with van der Waals surface area (Å²) >= 11 is 0. The number of carbonyl (C=O) groups is 1. The van der Waals surface area contributed by atoms with E-state index in [-0.39, 0.29) is 18.3 Å². The number of pyridine rings is 2. The zero-order chi connectivity index (χ0) is 17.2. The first-order valence-electron chi connectivity index (χ1n) is 7.69. The maximum Gasteiger partial charge on any atom is 0.295 e. The number of hydrogen-bond acceptors (Lipinski definition) is 4. The summed E-state index contributed by atoms with van der Waals surface area (Å²) in [5.74, 6) is -0.126. The SMILES string of the molecule is C[N+](C)(C)CC(=O)N/N=C/c1cccc2cc3cccnc3nc12.[Cl-]. The second-order valence-corrected chi connectivity index (χ2v) is 6.70. The average molecular weight is 358 g/mol. The maximum absolute atomic E-state index is 11.8. The lowest BCUT2D eigenvalue weighted by atomic mass is 10.1. The number of hydrazone groups is 1. The topological polar surface area (TPSA) is 67.2 Å². The lowest BCUT2D eigenvalue weighted by Gasteiger charge is -2.21. The zero-order valence-corrected chi connectivity index (χ0v) is 15.2. The second-order valence-electron chi connectivity index (χ2n) is 6.70. The van der Waals surface area contributed by atoms with Gasteiger partial charge in [0.25, 0.3) is 5.91 Å². The van der Waals surface area contributed by atoms with E-state index in [0.717, 1.165) is 21.9 Å². The fourth-order valence-corrected chi connectivity index (χ4v) is 2.46. The number of aromatic nitrogens is 2. The van der Waals surface area contributed by atoms with Crippen molar-refractivity contribution in [3.63, 3.8) is 0 Å². The second kappa shape index (κ2) is 7.55. The Morgan fingerprint density at radius 2 is 1.96 bits per heavy atom. The van der Waals surface area contributed by atoms with Gasteiger partial charge in [-0.15, -0.1) is 0 Å². The molecule has 0 aliphatic heterocycles. The molecule has 2 aromatic heterocycles. The van der Waals surface area contributed by atoms with E-state index in [2.05, 4.69) is 26.6 Å². The van der Waals surface area contributed by atoms with Crippen molar-refractivity contribution < 1.29 is 21.7 Å². The third-order valence-corrected chi connectivity index (χ3v) is 3.45. The van der Waals surface area contributed by atoms with Gasteiger partial charge in [-0.2, -0.15) is 5.10 Å². The van der Waals surface area contributed by atoms with Crippen molar-refractivity contribution in [2.75, 3.05) is 27.7 Å². The number of halogens is 1. The van der Waals surface area contributed by atoms with Crippen molar-refractivity contribution in [1.82, 2.24) is 15.4 Å². The summed E-state index contributed by atoms with van der Waals surface area (Å²) < 4.78 is 0.550. The van der Waals surface area contributed by atoms with Crippen LogP contribution in [0.25, 0.3) is 21.9 Å². The highest BCUT2D eigenvalue weighted by atomic mass is 35.5. The number of rotatable bonds is 4. The lowest BCUT2D eigenvalue weighted by molar-refractivity contribution is -0.862. The van der Waals surface area contributed by atoms with Gasteiger partial charge in [-0.05, 0) is 18.2 Å². The largest absolute Gasteiger partial charge is 1.00 e. The Morgan fingerprint density at radius 1 is 1.20 bits per heavy atom. The summed E-state index contributed by atoms with van der Waals surface area (Å²) in [6, 6.07) is 11.8. The molecule has 0 aliphatic rings. The molecule has 6 nitrogen and oxygen atoms in total. The van der Waals surface area contributed by atoms with Crippen molar-refractivity contribution in [1.29, 1.82) is 0 Å². The number of hydrogen-bond donors (Lipinski definition) is 1. The van der Waals surface area contributed by atoms with Crippen LogP contribution >= 0.6 is 0 Å². The van der Waals surface area contributed by atoms with Crippen molar-refractivity contribution in [3.05, 3.63) is 48.2 Å². The molecular formula is C18H20ClN5O. The van der Waals surface area contributed by atoms with Gasteiger partial charge >= 0.3 is 0 Å². The fraction of sp³-hybridized carbons (Fsp3) is 0.222. The molecule has 0 saturated heterocycles. The summed E-state index contributed by atoms with van der Waals surface area (Å²) in [6.45, 7) is 0.361. The third kappa shape index (κ3) is 4.71. The van der Waals surface area contributed by atoms with Crippen LogP contribution in [0.5, 0.6) is 0 Å². The van der Waals surface area contributed by atoms with Crippen molar-refractivity contribution in [3.8, 4) is 0 Å². The van der Waals surface area contributed by atoms with Crippen LogP contribution in [0.2, 0.25) is 0 Å². The molecule has 0 atom stereocenters. The number of amides is 1. The van der Waals surface area contributed by atoms with Crippen LogP contribution < -0.4 is 17.8 Å². The standard InChI is InChI=1S/C18H19N5O.ClH/c1-23(2,3)12-16(24)22-20-11-15-7-4-6-13-10-14-8-5-9-19-18(14)21-17(13)15;/h4-11H,12H2,1-3H3;1H/b20-11+;. The first kappa shape index (κ1) is 18.8. The summed E-state index contributed by atoms with van der Waals surface area (Å²) in [6.07, 6.45) is 3.35. The summed E-state index contributed by atoms with van der Waals surface area (Å²) in [7, 11) is 5.86. The molecule has 25 heavy (non-hydrogen) atoms. The Hall–Kier alpha value is -2.57. The number of quaternary nitrogens is 1. The number of carbonyl (C=O) groups excluding carboxylic acids is 1. The Balaban J connectivity index is 0.00000225. The molecule has 2 heterocycles. The van der Waals surface area contributed by atoms with Crippen LogP contribution in [0.4, 0.5) is 0 Å². The highest BCUT2D eigenvalue weighted by Crippen LogP contribution is 2.20. The van der Waals surface area contributed by atoms with Gasteiger partial charge < -0.3 is 16.9 Å². The third-order valence-electron chi connectivity index (χ3n) is 3.45. The smallest absolute Gasteiger partial charge is 0.295 e. The predicted octanol–water partition coefficient (Wildman–Crippen LogP) is -1.06. The van der Waals surface area contributed by atoms with Crippen LogP contribution in [-0.4, -0.2) is 54.3 Å². The van der Waals surface area contributed by atoms with Gasteiger partial charge in [0.15, 0.2) is 12.2 Å². The molecule has 0 unspecified atom stereocenters. The van der Waals surface area contributed by atoms with Gasteiger partial charge in [-0.1, -0.05) is 18.2 Å². The number of benzene rings is 1. The zero-order valence-electron chi connectivity index (χ0n) is 14.4. The van der Waals surface area contributed by atoms with E-state index in [4.69, 9.17) is 0 Å². The van der Waals surface area contributed by atoms with E-state index >= 15 is 0 Å². The van der Waals surface area contributed by atoms with Crippen molar-refractivity contribution >= 4 is 34.1 Å². The van der Waals surface area contributed by atoms with Crippen LogP contribution in [0, 0.1) is 0 Å². The summed E-state index contributed by atoms with van der Waals surface area (Å²) in [5, 5.41) is 6.07.